The van der Waals surface area contributed by atoms with Crippen LogP contribution in [-0.4, -0.2) is 54.1 Å². The number of anilines is 1. The van der Waals surface area contributed by atoms with Gasteiger partial charge in [0.15, 0.2) is 6.61 Å². The topological polar surface area (TPSA) is 111 Å². The molecule has 3 rings (SSSR count). The molecule has 2 heterocycles. The summed E-state index contributed by atoms with van der Waals surface area (Å²) in [5.74, 6) is -1.34. The van der Waals surface area contributed by atoms with Crippen molar-refractivity contribution in [3.63, 3.8) is 0 Å². The van der Waals surface area contributed by atoms with Crippen LogP contribution in [0.4, 0.5) is 5.69 Å². The van der Waals surface area contributed by atoms with E-state index >= 15 is 0 Å². The molecule has 0 spiro atoms. The number of ether oxygens (including phenoxy) is 1. The van der Waals surface area contributed by atoms with Gasteiger partial charge in [-0.3, -0.25) is 9.48 Å². The van der Waals surface area contributed by atoms with Gasteiger partial charge in [0.2, 0.25) is 10.0 Å². The molecule has 1 N–H and O–H groups in total. The van der Waals surface area contributed by atoms with Crippen molar-refractivity contribution in [3.8, 4) is 0 Å². The third kappa shape index (κ3) is 5.14. The number of nitrogens with zero attached hydrogens (tertiary/aromatic N) is 3. The van der Waals surface area contributed by atoms with Crippen molar-refractivity contribution in [1.82, 2.24) is 14.1 Å². The van der Waals surface area contributed by atoms with E-state index in [1.807, 2.05) is 0 Å². The normalized spacial score (nSPS) is 15.1. The van der Waals surface area contributed by atoms with Gasteiger partial charge in [0.05, 0.1) is 27.4 Å². The standard InChI is InChI=1S/C18H21ClN4O5S/c1-22-11-13(10-20-22)18(25)28-12-17(24)21-16-9-14(5-6-15(16)19)29(26,27)23-7-3-2-4-8-23/h5-6,9-11H,2-4,7-8,12H2,1H3,(H,21,24). The first-order chi connectivity index (χ1) is 13.8. The van der Waals surface area contributed by atoms with Gasteiger partial charge < -0.3 is 10.1 Å². The van der Waals surface area contributed by atoms with E-state index in [9.17, 15) is 18.0 Å². The third-order valence-corrected chi connectivity index (χ3v) is 6.66. The average Bonchev–Trinajstić information content (AvgIpc) is 3.15. The summed E-state index contributed by atoms with van der Waals surface area (Å²) >= 11 is 6.10. The fourth-order valence-electron chi connectivity index (χ4n) is 2.94. The average molecular weight is 441 g/mol. The molecule has 1 fully saturated rings. The SMILES string of the molecule is Cn1cc(C(=O)OCC(=O)Nc2cc(S(=O)(=O)N3CCCCC3)ccc2Cl)cn1. The monoisotopic (exact) mass is 440 g/mol. The first kappa shape index (κ1) is 21.3. The summed E-state index contributed by atoms with van der Waals surface area (Å²) in [6.45, 7) is 0.390. The highest BCUT2D eigenvalue weighted by Crippen LogP contribution is 2.28. The number of carbonyl (C=O) groups is 2. The highest BCUT2D eigenvalue weighted by Gasteiger charge is 2.26. The van der Waals surface area contributed by atoms with Gasteiger partial charge in [0.25, 0.3) is 5.91 Å². The predicted octanol–water partition coefficient (Wildman–Crippen LogP) is 2.04. The molecule has 9 nitrogen and oxygen atoms in total. The van der Waals surface area contributed by atoms with Crippen LogP contribution >= 0.6 is 11.6 Å². The molecule has 0 radical (unpaired) electrons. The molecule has 0 unspecified atom stereocenters. The lowest BCUT2D eigenvalue weighted by Gasteiger charge is -2.26. The quantitative estimate of drug-likeness (QED) is 0.688. The maximum Gasteiger partial charge on any atom is 0.341 e. The molecule has 11 heteroatoms. The minimum absolute atomic E-state index is 0.0476. The summed E-state index contributed by atoms with van der Waals surface area (Å²) < 4.78 is 33.4. The van der Waals surface area contributed by atoms with E-state index in [4.69, 9.17) is 16.3 Å². The Hall–Kier alpha value is -2.43. The Morgan fingerprint density at radius 2 is 1.97 bits per heavy atom. The van der Waals surface area contributed by atoms with Crippen molar-refractivity contribution in [2.75, 3.05) is 25.0 Å². The second-order valence-electron chi connectivity index (χ2n) is 6.63. The Labute approximate surface area is 173 Å². The van der Waals surface area contributed by atoms with Gasteiger partial charge in [-0.25, -0.2) is 13.2 Å². The van der Waals surface area contributed by atoms with Crippen LogP contribution in [0.2, 0.25) is 5.02 Å². The maximum absolute atomic E-state index is 12.8. The first-order valence-corrected chi connectivity index (χ1v) is 10.8. The number of piperidine rings is 1. The molecule has 29 heavy (non-hydrogen) atoms. The van der Waals surface area contributed by atoms with E-state index in [1.165, 1.54) is 39.6 Å². The van der Waals surface area contributed by atoms with Crippen LogP contribution in [0.5, 0.6) is 0 Å². The van der Waals surface area contributed by atoms with Crippen LogP contribution in [0.3, 0.4) is 0 Å². The van der Waals surface area contributed by atoms with Gasteiger partial charge in [-0.05, 0) is 31.0 Å². The molecule has 0 saturated carbocycles. The molecular weight excluding hydrogens is 420 g/mol. The van der Waals surface area contributed by atoms with Gasteiger partial charge in [0, 0.05) is 26.3 Å². The molecule has 0 atom stereocenters. The minimum Gasteiger partial charge on any atom is -0.452 e. The molecule has 1 aromatic heterocycles. The summed E-state index contributed by atoms with van der Waals surface area (Å²) in [4.78, 5) is 24.1. The van der Waals surface area contributed by atoms with Crippen LogP contribution in [0, 0.1) is 0 Å². The second kappa shape index (κ2) is 8.93. The van der Waals surface area contributed by atoms with Crippen LogP contribution in [0.25, 0.3) is 0 Å². The zero-order chi connectivity index (χ0) is 21.0. The molecule has 0 bridgehead atoms. The highest BCUT2D eigenvalue weighted by atomic mass is 35.5. The number of carbonyl (C=O) groups excluding carboxylic acids is 2. The smallest absolute Gasteiger partial charge is 0.341 e. The van der Waals surface area contributed by atoms with Gasteiger partial charge >= 0.3 is 5.97 Å². The Kier molecular flexibility index (Phi) is 6.56. The number of halogens is 1. The van der Waals surface area contributed by atoms with Crippen LogP contribution in [0.15, 0.2) is 35.5 Å². The molecule has 0 aliphatic carbocycles. The third-order valence-electron chi connectivity index (χ3n) is 4.44. The largest absolute Gasteiger partial charge is 0.452 e. The summed E-state index contributed by atoms with van der Waals surface area (Å²) in [6, 6.07) is 4.13. The van der Waals surface area contributed by atoms with Gasteiger partial charge in [0.1, 0.15) is 0 Å². The lowest BCUT2D eigenvalue weighted by atomic mass is 10.2. The molecule has 1 aliphatic heterocycles. The second-order valence-corrected chi connectivity index (χ2v) is 8.98. The van der Waals surface area contributed by atoms with Crippen molar-refractivity contribution in [2.24, 2.45) is 7.05 Å². The Bertz CT molecular complexity index is 1020. The number of rotatable bonds is 6. The van der Waals surface area contributed by atoms with Gasteiger partial charge in [-0.2, -0.15) is 9.40 Å². The maximum atomic E-state index is 12.8. The number of aromatic nitrogens is 2. The van der Waals surface area contributed by atoms with E-state index < -0.39 is 28.5 Å². The van der Waals surface area contributed by atoms with E-state index in [-0.39, 0.29) is 21.2 Å². The van der Waals surface area contributed by atoms with Crippen LogP contribution in [-0.2, 0) is 26.6 Å². The number of hydrogen-bond donors (Lipinski definition) is 1. The molecule has 1 saturated heterocycles. The van der Waals surface area contributed by atoms with E-state index in [1.54, 1.807) is 7.05 Å². The molecule has 156 valence electrons. The fourth-order valence-corrected chi connectivity index (χ4v) is 4.65. The minimum atomic E-state index is -3.67. The van der Waals surface area contributed by atoms with Gasteiger partial charge in [-0.15, -0.1) is 0 Å². The van der Waals surface area contributed by atoms with E-state index in [2.05, 4.69) is 10.4 Å². The molecule has 1 aliphatic rings. The lowest BCUT2D eigenvalue weighted by Crippen LogP contribution is -2.35. The molecule has 1 aromatic carbocycles. The number of sulfonamides is 1. The summed E-state index contributed by atoms with van der Waals surface area (Å²) in [7, 11) is -2.02. The number of aryl methyl sites for hydroxylation is 1. The number of esters is 1. The Morgan fingerprint density at radius 3 is 2.62 bits per heavy atom. The van der Waals surface area contributed by atoms with E-state index in [0.29, 0.717) is 13.1 Å². The van der Waals surface area contributed by atoms with Gasteiger partial charge in [-0.1, -0.05) is 18.0 Å². The van der Waals surface area contributed by atoms with Crippen molar-refractivity contribution < 1.29 is 22.7 Å². The number of benzene rings is 1. The van der Waals surface area contributed by atoms with Crippen molar-refractivity contribution >= 4 is 39.2 Å². The summed E-state index contributed by atoms with van der Waals surface area (Å²) in [5, 5.41) is 6.51. The van der Waals surface area contributed by atoms with Crippen molar-refractivity contribution in [1.29, 1.82) is 0 Å². The Morgan fingerprint density at radius 1 is 1.24 bits per heavy atom. The molecular formula is C18H21ClN4O5S. The predicted molar refractivity (Wildman–Crippen MR) is 106 cm³/mol. The molecule has 1 amide bonds. The fraction of sp³-hybridized carbons (Fsp3) is 0.389. The van der Waals surface area contributed by atoms with Crippen molar-refractivity contribution in [3.05, 3.63) is 41.2 Å². The number of hydrogen-bond acceptors (Lipinski definition) is 6. The Balaban J connectivity index is 1.66. The van der Waals surface area contributed by atoms with E-state index in [0.717, 1.165) is 19.3 Å². The van der Waals surface area contributed by atoms with Crippen LogP contribution < -0.4 is 5.32 Å². The zero-order valence-electron chi connectivity index (χ0n) is 15.8. The first-order valence-electron chi connectivity index (χ1n) is 9.03. The lowest BCUT2D eigenvalue weighted by molar-refractivity contribution is -0.119. The van der Waals surface area contributed by atoms with Crippen molar-refractivity contribution in [2.45, 2.75) is 24.2 Å². The van der Waals surface area contributed by atoms with Crippen LogP contribution in [0.1, 0.15) is 29.6 Å². The molecule has 2 aromatic rings. The summed E-state index contributed by atoms with van der Waals surface area (Å²) in [5.41, 5.74) is 0.347. The summed E-state index contributed by atoms with van der Waals surface area (Å²) in [6.07, 6.45) is 5.43. The highest BCUT2D eigenvalue weighted by molar-refractivity contribution is 7.89. The number of amides is 1. The zero-order valence-corrected chi connectivity index (χ0v) is 17.4. The number of nitrogens with one attached hydrogen (secondary N) is 1.